The molecule has 2 unspecified atom stereocenters. The maximum atomic E-state index is 11.3. The molecule has 4 nitrogen and oxygen atoms in total. The fourth-order valence-electron chi connectivity index (χ4n) is 2.16. The second-order valence-electron chi connectivity index (χ2n) is 4.37. The number of carboxylic acids is 1. The van der Waals surface area contributed by atoms with E-state index in [9.17, 15) is 9.90 Å². The Hall–Kier alpha value is -0.590. The number of rotatable bonds is 4. The number of aliphatic carboxylic acids is 1. The molecule has 0 radical (unpaired) electrons. The maximum Gasteiger partial charge on any atom is 0.323 e. The Morgan fingerprint density at radius 1 is 1.76 bits per heavy atom. The minimum absolute atomic E-state index is 0.351. The van der Waals surface area contributed by atoms with Crippen molar-refractivity contribution in [3.05, 3.63) is 11.1 Å². The third kappa shape index (κ3) is 2.64. The largest absolute Gasteiger partial charge is 0.480 e. The molecule has 1 fully saturated rings. The summed E-state index contributed by atoms with van der Waals surface area (Å²) in [5.74, 6) is -0.738. The highest BCUT2D eigenvalue weighted by atomic mass is 32.2. The van der Waals surface area contributed by atoms with E-state index in [1.54, 1.807) is 30.1 Å². The van der Waals surface area contributed by atoms with Crippen LogP contribution >= 0.6 is 23.1 Å². The van der Waals surface area contributed by atoms with Gasteiger partial charge in [-0.25, -0.2) is 4.98 Å². The molecule has 0 aromatic carbocycles. The summed E-state index contributed by atoms with van der Waals surface area (Å²) in [6.07, 6.45) is 2.29. The Balaban J connectivity index is 2.00. The zero-order chi connectivity index (χ0) is 12.5. The monoisotopic (exact) mass is 272 g/mol. The molecule has 0 spiro atoms. The number of thioether (sulfide) groups is 1. The third-order valence-electron chi connectivity index (χ3n) is 3.22. The van der Waals surface area contributed by atoms with E-state index in [0.717, 1.165) is 16.5 Å². The summed E-state index contributed by atoms with van der Waals surface area (Å²) in [6.45, 7) is 1.98. The lowest BCUT2D eigenvalue weighted by molar-refractivity contribution is -0.144. The Morgan fingerprint density at radius 3 is 3.00 bits per heavy atom. The van der Waals surface area contributed by atoms with Crippen LogP contribution in [-0.2, 0) is 4.79 Å². The highest BCUT2D eigenvalue weighted by Crippen LogP contribution is 2.41. The zero-order valence-corrected chi connectivity index (χ0v) is 11.5. The van der Waals surface area contributed by atoms with Crippen LogP contribution in [0.2, 0.25) is 0 Å². The van der Waals surface area contributed by atoms with Gasteiger partial charge < -0.3 is 10.4 Å². The molecule has 1 saturated carbocycles. The molecule has 0 amide bonds. The number of aryl methyl sites for hydroxylation is 1. The first-order valence-corrected chi connectivity index (χ1v) is 7.33. The average molecular weight is 272 g/mol. The van der Waals surface area contributed by atoms with Gasteiger partial charge in [0.05, 0.1) is 0 Å². The van der Waals surface area contributed by atoms with E-state index in [1.165, 1.54) is 0 Å². The van der Waals surface area contributed by atoms with E-state index in [1.807, 2.05) is 12.3 Å². The molecule has 1 heterocycles. The minimum Gasteiger partial charge on any atom is -0.480 e. The summed E-state index contributed by atoms with van der Waals surface area (Å²) in [7, 11) is 1.73. The summed E-state index contributed by atoms with van der Waals surface area (Å²) >= 11 is 3.35. The number of carbonyl (C=O) groups is 1. The molecule has 1 aromatic heterocycles. The van der Waals surface area contributed by atoms with Gasteiger partial charge in [-0.05, 0) is 33.2 Å². The molecule has 94 valence electrons. The van der Waals surface area contributed by atoms with E-state index in [4.69, 9.17) is 0 Å². The molecule has 1 aliphatic rings. The van der Waals surface area contributed by atoms with E-state index in [0.29, 0.717) is 18.1 Å². The Morgan fingerprint density at radius 2 is 2.53 bits per heavy atom. The minimum atomic E-state index is -0.738. The second-order valence-corrected chi connectivity index (χ2v) is 6.78. The zero-order valence-electron chi connectivity index (χ0n) is 9.90. The normalized spacial score (nSPS) is 28.5. The summed E-state index contributed by atoms with van der Waals surface area (Å²) in [6, 6.07) is 0. The summed E-state index contributed by atoms with van der Waals surface area (Å²) in [5, 5.41) is 14.6. The van der Waals surface area contributed by atoms with Crippen LogP contribution in [0.1, 0.15) is 25.0 Å². The van der Waals surface area contributed by atoms with Crippen molar-refractivity contribution in [3.8, 4) is 0 Å². The molecule has 6 heteroatoms. The van der Waals surface area contributed by atoms with Crippen molar-refractivity contribution in [3.63, 3.8) is 0 Å². The lowest BCUT2D eigenvalue weighted by Crippen LogP contribution is -2.48. The van der Waals surface area contributed by atoms with Crippen molar-refractivity contribution < 1.29 is 9.90 Å². The first-order chi connectivity index (χ1) is 8.05. The molecule has 17 heavy (non-hydrogen) atoms. The number of nitrogens with one attached hydrogen (secondary N) is 1. The molecular weight excluding hydrogens is 256 g/mol. The van der Waals surface area contributed by atoms with Crippen LogP contribution in [0.15, 0.2) is 9.72 Å². The average Bonchev–Trinajstić information content (AvgIpc) is 2.87. The lowest BCUT2D eigenvalue weighted by atomic mass is 9.99. The highest BCUT2D eigenvalue weighted by Gasteiger charge is 2.44. The predicted octanol–water partition coefficient (Wildman–Crippen LogP) is 2.14. The van der Waals surface area contributed by atoms with Crippen molar-refractivity contribution in [1.29, 1.82) is 0 Å². The van der Waals surface area contributed by atoms with Crippen LogP contribution in [0.5, 0.6) is 0 Å². The lowest BCUT2D eigenvalue weighted by Gasteiger charge is -2.23. The van der Waals surface area contributed by atoms with Gasteiger partial charge in [-0.2, -0.15) is 0 Å². The molecule has 2 N–H and O–H groups in total. The van der Waals surface area contributed by atoms with Gasteiger partial charge >= 0.3 is 5.97 Å². The van der Waals surface area contributed by atoms with Gasteiger partial charge in [-0.15, -0.1) is 11.3 Å². The number of carboxylic acid groups (broad SMARTS) is 1. The summed E-state index contributed by atoms with van der Waals surface area (Å²) in [4.78, 5) is 15.7. The van der Waals surface area contributed by atoms with Gasteiger partial charge in [0.1, 0.15) is 9.88 Å². The molecule has 2 rings (SSSR count). The van der Waals surface area contributed by atoms with Crippen molar-refractivity contribution in [2.45, 2.75) is 41.3 Å². The highest BCUT2D eigenvalue weighted by molar-refractivity contribution is 8.01. The standard InChI is InChI=1S/C11H16N2O2S2/c1-7-6-16-10(13-7)17-8-3-4-11(5-8,12-2)9(14)15/h6,8,12H,3-5H2,1-2H3,(H,14,15). The number of thiazole rings is 1. The SMILES string of the molecule is CNC1(C(=O)O)CCC(Sc2nc(C)cs2)C1. The molecule has 0 bridgehead atoms. The van der Waals surface area contributed by atoms with E-state index in [2.05, 4.69) is 10.3 Å². The fourth-order valence-corrected chi connectivity index (χ4v) is 4.54. The first-order valence-electron chi connectivity index (χ1n) is 5.57. The molecule has 0 aliphatic heterocycles. The number of likely N-dealkylation sites (N-methyl/N-ethyl adjacent to an activating group) is 1. The van der Waals surface area contributed by atoms with Crippen LogP contribution in [-0.4, -0.2) is 33.9 Å². The Kier molecular flexibility index (Phi) is 3.75. The van der Waals surface area contributed by atoms with Crippen LogP contribution < -0.4 is 5.32 Å². The topological polar surface area (TPSA) is 62.2 Å². The van der Waals surface area contributed by atoms with Gasteiger partial charge in [0.25, 0.3) is 0 Å². The summed E-state index contributed by atoms with van der Waals surface area (Å²) in [5.41, 5.74) is 0.304. The van der Waals surface area contributed by atoms with E-state index >= 15 is 0 Å². The summed E-state index contributed by atoms with van der Waals surface area (Å²) < 4.78 is 1.05. The smallest absolute Gasteiger partial charge is 0.323 e. The molecule has 1 aromatic rings. The molecule has 1 aliphatic carbocycles. The molecule has 0 saturated heterocycles. The Bertz CT molecular complexity index is 421. The van der Waals surface area contributed by atoms with Gasteiger partial charge in [-0.3, -0.25) is 4.79 Å². The molecular formula is C11H16N2O2S2. The van der Waals surface area contributed by atoms with Crippen molar-refractivity contribution in [1.82, 2.24) is 10.3 Å². The van der Waals surface area contributed by atoms with Crippen LogP contribution in [0.3, 0.4) is 0 Å². The van der Waals surface area contributed by atoms with E-state index in [-0.39, 0.29) is 0 Å². The number of hydrogen-bond acceptors (Lipinski definition) is 5. The predicted molar refractivity (Wildman–Crippen MR) is 69.8 cm³/mol. The van der Waals surface area contributed by atoms with Crippen molar-refractivity contribution in [2.75, 3.05) is 7.05 Å². The van der Waals surface area contributed by atoms with Crippen LogP contribution in [0.25, 0.3) is 0 Å². The Labute approximate surface area is 109 Å². The van der Waals surface area contributed by atoms with E-state index < -0.39 is 11.5 Å². The fraction of sp³-hybridized carbons (Fsp3) is 0.636. The quantitative estimate of drug-likeness (QED) is 0.879. The van der Waals surface area contributed by atoms with Crippen LogP contribution in [0, 0.1) is 6.92 Å². The number of hydrogen-bond donors (Lipinski definition) is 2. The number of aromatic nitrogens is 1. The number of nitrogens with zero attached hydrogens (tertiary/aromatic N) is 1. The maximum absolute atomic E-state index is 11.3. The molecule has 2 atom stereocenters. The van der Waals surface area contributed by atoms with Gasteiger partial charge in [0, 0.05) is 16.3 Å². The first kappa shape index (κ1) is 12.9. The van der Waals surface area contributed by atoms with Gasteiger partial charge in [-0.1, -0.05) is 11.8 Å². The van der Waals surface area contributed by atoms with Crippen LogP contribution in [0.4, 0.5) is 0 Å². The second kappa shape index (κ2) is 4.96. The van der Waals surface area contributed by atoms with Gasteiger partial charge in [0.15, 0.2) is 0 Å². The van der Waals surface area contributed by atoms with Crippen molar-refractivity contribution >= 4 is 29.1 Å². The van der Waals surface area contributed by atoms with Crippen molar-refractivity contribution in [2.24, 2.45) is 0 Å². The van der Waals surface area contributed by atoms with Gasteiger partial charge in [0.2, 0.25) is 0 Å². The third-order valence-corrected chi connectivity index (χ3v) is 5.58.